The van der Waals surface area contributed by atoms with Crippen molar-refractivity contribution in [2.24, 2.45) is 0 Å². The maximum absolute atomic E-state index is 13.8. The van der Waals surface area contributed by atoms with Crippen LogP contribution in [0.15, 0.2) is 36.4 Å². The van der Waals surface area contributed by atoms with Crippen molar-refractivity contribution in [3.63, 3.8) is 0 Å². The number of fused-ring (bicyclic) bond motifs is 1. The lowest BCUT2D eigenvalue weighted by Crippen LogP contribution is -2.50. The normalized spacial score (nSPS) is 18.3. The summed E-state index contributed by atoms with van der Waals surface area (Å²) in [7, 11) is 1.34. The number of piperazine rings is 1. The minimum Gasteiger partial charge on any atom is -0.503 e. The van der Waals surface area contributed by atoms with Crippen LogP contribution in [-0.2, 0) is 27.4 Å². The molecule has 1 aromatic heterocycles. The lowest BCUT2D eigenvalue weighted by Gasteiger charge is -2.36. The summed E-state index contributed by atoms with van der Waals surface area (Å²) in [4.78, 5) is 33.1. The molecule has 178 valence electrons. The number of carbonyl (C=O) groups is 2. The number of halogens is 1. The second kappa shape index (κ2) is 8.94. The van der Waals surface area contributed by atoms with Gasteiger partial charge in [0.2, 0.25) is 5.91 Å². The lowest BCUT2D eigenvalue weighted by molar-refractivity contribution is -0.131. The van der Waals surface area contributed by atoms with E-state index in [-0.39, 0.29) is 25.1 Å². The Labute approximate surface area is 195 Å². The summed E-state index contributed by atoms with van der Waals surface area (Å²) in [5.74, 6) is -1.05. The van der Waals surface area contributed by atoms with Crippen LogP contribution in [0.25, 0.3) is 11.0 Å². The summed E-state index contributed by atoms with van der Waals surface area (Å²) in [5.41, 5.74) is 2.23. The number of imidazole rings is 1. The number of aromatic hydroxyl groups is 1. The predicted octanol–water partition coefficient (Wildman–Crippen LogP) is 2.31. The second-order valence-corrected chi connectivity index (χ2v) is 8.46. The van der Waals surface area contributed by atoms with Gasteiger partial charge in [0, 0.05) is 19.7 Å². The van der Waals surface area contributed by atoms with Crippen LogP contribution < -0.4 is 4.90 Å². The van der Waals surface area contributed by atoms with Gasteiger partial charge in [0.05, 0.1) is 55.1 Å². The summed E-state index contributed by atoms with van der Waals surface area (Å²) in [6.07, 6.45) is 0.992. The van der Waals surface area contributed by atoms with E-state index in [1.54, 1.807) is 34.1 Å². The molecule has 1 atom stereocenters. The largest absolute Gasteiger partial charge is 0.503 e. The zero-order chi connectivity index (χ0) is 23.8. The number of amides is 1. The van der Waals surface area contributed by atoms with Crippen molar-refractivity contribution in [1.29, 1.82) is 0 Å². The van der Waals surface area contributed by atoms with Gasteiger partial charge in [0.25, 0.3) is 0 Å². The molecule has 9 nitrogen and oxygen atoms in total. The summed E-state index contributed by atoms with van der Waals surface area (Å²) in [6.45, 7) is 2.44. The summed E-state index contributed by atoms with van der Waals surface area (Å²) >= 11 is 0. The third kappa shape index (κ3) is 4.05. The molecular weight excluding hydrogens is 443 g/mol. The minimum absolute atomic E-state index is 0.0233. The third-order valence-corrected chi connectivity index (χ3v) is 6.39. The molecule has 2 aliphatic rings. The van der Waals surface area contributed by atoms with Crippen LogP contribution >= 0.6 is 0 Å². The number of nitrogens with zero attached hydrogens (tertiary/aromatic N) is 4. The molecule has 2 saturated heterocycles. The third-order valence-electron chi connectivity index (χ3n) is 6.39. The van der Waals surface area contributed by atoms with E-state index >= 15 is 0 Å². The van der Waals surface area contributed by atoms with Gasteiger partial charge in [-0.2, -0.15) is 0 Å². The van der Waals surface area contributed by atoms with E-state index in [0.717, 1.165) is 17.5 Å². The number of hydrogen-bond acceptors (Lipinski definition) is 7. The molecule has 5 rings (SSSR count). The summed E-state index contributed by atoms with van der Waals surface area (Å²) in [5, 5.41) is 10.0. The van der Waals surface area contributed by atoms with Crippen molar-refractivity contribution in [3.05, 3.63) is 53.6 Å². The number of carbonyl (C=O) groups excluding carboxylic acids is 2. The lowest BCUT2D eigenvalue weighted by atomic mass is 10.1. The zero-order valence-corrected chi connectivity index (χ0v) is 18.7. The van der Waals surface area contributed by atoms with E-state index in [0.29, 0.717) is 43.3 Å². The second-order valence-electron chi connectivity index (χ2n) is 8.46. The zero-order valence-electron chi connectivity index (χ0n) is 18.7. The molecule has 0 unspecified atom stereocenters. The molecule has 2 aliphatic heterocycles. The van der Waals surface area contributed by atoms with Gasteiger partial charge >= 0.3 is 5.97 Å². The summed E-state index contributed by atoms with van der Waals surface area (Å²) in [6, 6.07) is 9.48. The van der Waals surface area contributed by atoms with Crippen LogP contribution in [0.4, 0.5) is 10.1 Å². The average Bonchev–Trinajstić information content (AvgIpc) is 3.15. The quantitative estimate of drug-likeness (QED) is 0.555. The number of para-hydroxylation sites is 1. The first-order chi connectivity index (χ1) is 16.4. The molecule has 1 N–H and O–H groups in total. The van der Waals surface area contributed by atoms with Gasteiger partial charge in [0.15, 0.2) is 11.6 Å². The van der Waals surface area contributed by atoms with Gasteiger partial charge in [-0.1, -0.05) is 6.07 Å². The van der Waals surface area contributed by atoms with Crippen LogP contribution in [-0.4, -0.2) is 70.9 Å². The highest BCUT2D eigenvalue weighted by Crippen LogP contribution is 2.31. The Morgan fingerprint density at radius 2 is 2.12 bits per heavy atom. The SMILES string of the molecule is COC(=O)c1ccc2nc(CN3CCN(c4cccc(F)c4O)CC3=O)n(C[C@@H]3CCO3)c2c1. The van der Waals surface area contributed by atoms with Crippen LogP contribution in [0, 0.1) is 5.82 Å². The fraction of sp³-hybridized carbons (Fsp3) is 0.375. The highest BCUT2D eigenvalue weighted by Gasteiger charge is 2.29. The van der Waals surface area contributed by atoms with E-state index in [1.807, 2.05) is 4.57 Å². The smallest absolute Gasteiger partial charge is 0.337 e. The number of hydrogen-bond donors (Lipinski definition) is 1. The van der Waals surface area contributed by atoms with Crippen LogP contribution in [0.5, 0.6) is 5.75 Å². The molecule has 2 fully saturated rings. The molecule has 0 aliphatic carbocycles. The topological polar surface area (TPSA) is 97.1 Å². The number of anilines is 1. The molecule has 0 spiro atoms. The molecular formula is C24H25FN4O5. The maximum Gasteiger partial charge on any atom is 0.337 e. The predicted molar refractivity (Wildman–Crippen MR) is 121 cm³/mol. The van der Waals surface area contributed by atoms with Gasteiger partial charge in [-0.05, 0) is 36.8 Å². The van der Waals surface area contributed by atoms with Gasteiger partial charge in [-0.25, -0.2) is 14.2 Å². The molecule has 0 bridgehead atoms. The molecule has 0 saturated carbocycles. The van der Waals surface area contributed by atoms with E-state index in [2.05, 4.69) is 0 Å². The maximum atomic E-state index is 13.8. The first-order valence-corrected chi connectivity index (χ1v) is 11.1. The minimum atomic E-state index is -0.717. The monoisotopic (exact) mass is 468 g/mol. The molecule has 0 radical (unpaired) electrons. The van der Waals surface area contributed by atoms with Gasteiger partial charge in [0.1, 0.15) is 5.82 Å². The van der Waals surface area contributed by atoms with Crippen molar-refractivity contribution < 1.29 is 28.6 Å². The Bertz CT molecular complexity index is 1260. The Morgan fingerprint density at radius 1 is 1.29 bits per heavy atom. The number of phenolic OH excluding ortho intramolecular Hbond substituents is 1. The first-order valence-electron chi connectivity index (χ1n) is 11.1. The van der Waals surface area contributed by atoms with Crippen molar-refractivity contribution in [3.8, 4) is 5.75 Å². The molecule has 1 amide bonds. The standard InChI is InChI=1S/C24H25FN4O5/c1-33-24(32)15-5-6-18-20(11-15)29(12-16-7-10-34-16)21(26-18)13-28-9-8-27(14-22(28)30)19-4-2-3-17(25)23(19)31/h2-6,11,16,31H,7-10,12-14H2,1H3/t16-/m0/s1. The summed E-state index contributed by atoms with van der Waals surface area (Å²) < 4.78 is 26.2. The number of esters is 1. The van der Waals surface area contributed by atoms with Crippen molar-refractivity contribution in [1.82, 2.24) is 14.5 Å². The van der Waals surface area contributed by atoms with E-state index in [4.69, 9.17) is 14.5 Å². The Hall–Kier alpha value is -3.66. The van der Waals surface area contributed by atoms with Crippen LogP contribution in [0.2, 0.25) is 0 Å². The number of phenols is 1. The van der Waals surface area contributed by atoms with E-state index in [1.165, 1.54) is 19.2 Å². The van der Waals surface area contributed by atoms with E-state index in [9.17, 15) is 19.1 Å². The van der Waals surface area contributed by atoms with E-state index < -0.39 is 17.5 Å². The van der Waals surface area contributed by atoms with Gasteiger partial charge in [-0.3, -0.25) is 4.79 Å². The number of aromatic nitrogens is 2. The number of methoxy groups -OCH3 is 1. The number of benzene rings is 2. The van der Waals surface area contributed by atoms with Gasteiger partial charge in [-0.15, -0.1) is 0 Å². The first kappa shape index (κ1) is 22.1. The van der Waals surface area contributed by atoms with Crippen LogP contribution in [0.1, 0.15) is 22.6 Å². The van der Waals surface area contributed by atoms with Crippen molar-refractivity contribution in [2.45, 2.75) is 25.6 Å². The Balaban J connectivity index is 1.39. The highest BCUT2D eigenvalue weighted by molar-refractivity contribution is 5.93. The number of rotatable bonds is 6. The van der Waals surface area contributed by atoms with Gasteiger partial charge < -0.3 is 28.9 Å². The highest BCUT2D eigenvalue weighted by atomic mass is 19.1. The fourth-order valence-electron chi connectivity index (χ4n) is 4.39. The molecule has 3 aromatic rings. The molecule has 10 heteroatoms. The Kier molecular flexibility index (Phi) is 5.82. The Morgan fingerprint density at radius 3 is 2.82 bits per heavy atom. The van der Waals surface area contributed by atoms with Crippen molar-refractivity contribution >= 4 is 28.6 Å². The average molecular weight is 468 g/mol. The van der Waals surface area contributed by atoms with Crippen molar-refractivity contribution in [2.75, 3.05) is 38.3 Å². The molecule has 3 heterocycles. The number of ether oxygens (including phenoxy) is 2. The molecule has 34 heavy (non-hydrogen) atoms. The molecule has 2 aromatic carbocycles. The van der Waals surface area contributed by atoms with Crippen LogP contribution in [0.3, 0.4) is 0 Å². The fourth-order valence-corrected chi connectivity index (χ4v) is 4.39.